The van der Waals surface area contributed by atoms with Crippen molar-refractivity contribution in [2.24, 2.45) is 5.73 Å². The molecule has 22 heavy (non-hydrogen) atoms. The van der Waals surface area contributed by atoms with Crippen molar-refractivity contribution in [3.63, 3.8) is 0 Å². The summed E-state index contributed by atoms with van der Waals surface area (Å²) < 4.78 is 5.16. The van der Waals surface area contributed by atoms with Gasteiger partial charge in [0.25, 0.3) is 0 Å². The maximum Gasteiger partial charge on any atom is 0.414 e. The Morgan fingerprint density at radius 2 is 1.68 bits per heavy atom. The number of carbonyl (C=O) groups is 2. The molecule has 1 aliphatic rings. The van der Waals surface area contributed by atoms with Crippen molar-refractivity contribution in [1.29, 1.82) is 0 Å². The van der Waals surface area contributed by atoms with E-state index >= 15 is 0 Å². The average Bonchev–Trinajstić information content (AvgIpc) is 3.03. The van der Waals surface area contributed by atoms with Crippen LogP contribution in [0.5, 0.6) is 5.75 Å². The second-order valence-corrected chi connectivity index (χ2v) is 4.88. The Morgan fingerprint density at radius 1 is 1.18 bits per heavy atom. The minimum absolute atomic E-state index is 0.369. The summed E-state index contributed by atoms with van der Waals surface area (Å²) in [5, 5.41) is 14.8. The van der Waals surface area contributed by atoms with Gasteiger partial charge in [0.1, 0.15) is 5.75 Å². The summed E-state index contributed by atoms with van der Waals surface area (Å²) in [5.41, 5.74) is 7.18. The third-order valence-corrected chi connectivity index (χ3v) is 3.49. The SMILES string of the molecule is COc1ccc(C(CN)N2CCCC2)cc1.O=C(O)C(=O)O. The molecule has 0 saturated carbocycles. The lowest BCUT2D eigenvalue weighted by Crippen LogP contribution is -2.31. The zero-order chi connectivity index (χ0) is 16.5. The number of benzene rings is 1. The fourth-order valence-electron chi connectivity index (χ4n) is 2.38. The minimum atomic E-state index is -1.82. The van der Waals surface area contributed by atoms with Gasteiger partial charge in [0.15, 0.2) is 0 Å². The topological polar surface area (TPSA) is 113 Å². The summed E-state index contributed by atoms with van der Waals surface area (Å²) in [6.45, 7) is 3.04. The van der Waals surface area contributed by atoms with Crippen LogP contribution in [-0.2, 0) is 9.59 Å². The summed E-state index contributed by atoms with van der Waals surface area (Å²) in [6, 6.07) is 8.62. The van der Waals surface area contributed by atoms with Gasteiger partial charge in [0.2, 0.25) is 0 Å². The molecule has 0 spiro atoms. The predicted molar refractivity (Wildman–Crippen MR) is 80.9 cm³/mol. The zero-order valence-electron chi connectivity index (χ0n) is 12.6. The molecule has 1 heterocycles. The predicted octanol–water partition coefficient (Wildman–Crippen LogP) is 0.946. The molecule has 1 atom stereocenters. The number of methoxy groups -OCH3 is 1. The third-order valence-electron chi connectivity index (χ3n) is 3.49. The van der Waals surface area contributed by atoms with E-state index in [9.17, 15) is 0 Å². The van der Waals surface area contributed by atoms with Crippen molar-refractivity contribution in [1.82, 2.24) is 4.90 Å². The normalized spacial score (nSPS) is 15.5. The van der Waals surface area contributed by atoms with E-state index < -0.39 is 11.9 Å². The monoisotopic (exact) mass is 310 g/mol. The van der Waals surface area contributed by atoms with Crippen LogP contribution < -0.4 is 10.5 Å². The molecule has 2 rings (SSSR count). The van der Waals surface area contributed by atoms with Gasteiger partial charge in [-0.25, -0.2) is 9.59 Å². The highest BCUT2D eigenvalue weighted by Gasteiger charge is 2.21. The van der Waals surface area contributed by atoms with Crippen LogP contribution in [0.1, 0.15) is 24.4 Å². The molecule has 1 saturated heterocycles. The molecule has 7 heteroatoms. The second-order valence-electron chi connectivity index (χ2n) is 4.88. The lowest BCUT2D eigenvalue weighted by Gasteiger charge is -2.26. The first-order valence-corrected chi connectivity index (χ1v) is 7.04. The molecule has 1 fully saturated rings. The van der Waals surface area contributed by atoms with Crippen molar-refractivity contribution in [3.05, 3.63) is 29.8 Å². The van der Waals surface area contributed by atoms with Crippen LogP contribution >= 0.6 is 0 Å². The van der Waals surface area contributed by atoms with Gasteiger partial charge in [-0.1, -0.05) is 12.1 Å². The maximum atomic E-state index is 9.10. The Labute approximate surface area is 129 Å². The lowest BCUT2D eigenvalue weighted by molar-refractivity contribution is -0.159. The molecule has 4 N–H and O–H groups in total. The van der Waals surface area contributed by atoms with Gasteiger partial charge in [0.05, 0.1) is 7.11 Å². The van der Waals surface area contributed by atoms with Crippen LogP contribution in [0.2, 0.25) is 0 Å². The van der Waals surface area contributed by atoms with Crippen molar-refractivity contribution in [2.75, 3.05) is 26.7 Å². The molecule has 1 aliphatic heterocycles. The first-order valence-electron chi connectivity index (χ1n) is 7.04. The minimum Gasteiger partial charge on any atom is -0.497 e. The van der Waals surface area contributed by atoms with Crippen LogP contribution in [-0.4, -0.2) is 53.8 Å². The first kappa shape index (κ1) is 17.9. The number of carboxylic acids is 2. The number of hydrogen-bond acceptors (Lipinski definition) is 5. The molecule has 1 aromatic carbocycles. The molecular formula is C15H22N2O5. The van der Waals surface area contributed by atoms with E-state index in [-0.39, 0.29) is 0 Å². The molecule has 0 radical (unpaired) electrons. The van der Waals surface area contributed by atoms with E-state index in [0.717, 1.165) is 5.75 Å². The largest absolute Gasteiger partial charge is 0.497 e. The fraction of sp³-hybridized carbons (Fsp3) is 0.467. The summed E-state index contributed by atoms with van der Waals surface area (Å²) in [4.78, 5) is 20.7. The van der Waals surface area contributed by atoms with Crippen LogP contribution in [0.4, 0.5) is 0 Å². The Morgan fingerprint density at radius 3 is 2.05 bits per heavy atom. The van der Waals surface area contributed by atoms with E-state index in [2.05, 4.69) is 17.0 Å². The van der Waals surface area contributed by atoms with Crippen LogP contribution in [0, 0.1) is 0 Å². The molecule has 0 aromatic heterocycles. The van der Waals surface area contributed by atoms with Crippen LogP contribution in [0.3, 0.4) is 0 Å². The number of likely N-dealkylation sites (tertiary alicyclic amines) is 1. The zero-order valence-corrected chi connectivity index (χ0v) is 12.6. The van der Waals surface area contributed by atoms with E-state index in [1.165, 1.54) is 31.5 Å². The fourth-order valence-corrected chi connectivity index (χ4v) is 2.38. The summed E-state index contributed by atoms with van der Waals surface area (Å²) >= 11 is 0. The molecule has 0 amide bonds. The highest BCUT2D eigenvalue weighted by atomic mass is 16.5. The number of hydrogen-bond donors (Lipinski definition) is 3. The number of rotatable bonds is 4. The van der Waals surface area contributed by atoms with Crippen LogP contribution in [0.15, 0.2) is 24.3 Å². The summed E-state index contributed by atoms with van der Waals surface area (Å²) in [7, 11) is 1.69. The third kappa shape index (κ3) is 5.34. The van der Waals surface area contributed by atoms with Gasteiger partial charge >= 0.3 is 11.9 Å². The summed E-state index contributed by atoms with van der Waals surface area (Å²) in [5.74, 6) is -2.74. The van der Waals surface area contributed by atoms with E-state index in [4.69, 9.17) is 30.3 Å². The Hall–Kier alpha value is -2.12. The molecular weight excluding hydrogens is 288 g/mol. The summed E-state index contributed by atoms with van der Waals surface area (Å²) in [6.07, 6.45) is 2.60. The molecule has 7 nitrogen and oxygen atoms in total. The molecule has 0 bridgehead atoms. The number of nitrogens with two attached hydrogens (primary N) is 1. The van der Waals surface area contributed by atoms with E-state index in [1.54, 1.807) is 7.11 Å². The number of aliphatic carboxylic acids is 2. The molecule has 1 aromatic rings. The van der Waals surface area contributed by atoms with Gasteiger partial charge in [-0.05, 0) is 43.6 Å². The second kappa shape index (κ2) is 9.01. The lowest BCUT2D eigenvalue weighted by atomic mass is 10.1. The number of ether oxygens (including phenoxy) is 1. The Bertz CT molecular complexity index is 471. The van der Waals surface area contributed by atoms with Gasteiger partial charge < -0.3 is 20.7 Å². The van der Waals surface area contributed by atoms with E-state index in [0.29, 0.717) is 12.6 Å². The van der Waals surface area contributed by atoms with E-state index in [1.807, 2.05) is 12.1 Å². The van der Waals surface area contributed by atoms with Crippen molar-refractivity contribution in [3.8, 4) is 5.75 Å². The van der Waals surface area contributed by atoms with Gasteiger partial charge in [0, 0.05) is 12.6 Å². The van der Waals surface area contributed by atoms with Gasteiger partial charge in [-0.2, -0.15) is 0 Å². The number of carboxylic acid groups (broad SMARTS) is 2. The van der Waals surface area contributed by atoms with Crippen molar-refractivity contribution in [2.45, 2.75) is 18.9 Å². The maximum absolute atomic E-state index is 9.10. The Kier molecular flexibility index (Phi) is 7.34. The van der Waals surface area contributed by atoms with Crippen molar-refractivity contribution < 1.29 is 24.5 Å². The molecule has 1 unspecified atom stereocenters. The van der Waals surface area contributed by atoms with Gasteiger partial charge in [-0.3, -0.25) is 4.90 Å². The first-order chi connectivity index (χ1) is 10.5. The molecule has 0 aliphatic carbocycles. The molecule has 122 valence electrons. The standard InChI is InChI=1S/C13H20N2O.C2H2O4/c1-16-12-6-4-11(5-7-12)13(10-14)15-8-2-3-9-15;3-1(4)2(5)6/h4-7,13H,2-3,8-10,14H2,1H3;(H,3,4)(H,5,6). The Balaban J connectivity index is 0.000000346. The average molecular weight is 310 g/mol. The van der Waals surface area contributed by atoms with Gasteiger partial charge in [-0.15, -0.1) is 0 Å². The quantitative estimate of drug-likeness (QED) is 0.709. The highest BCUT2D eigenvalue weighted by molar-refractivity contribution is 6.27. The smallest absolute Gasteiger partial charge is 0.414 e. The number of nitrogens with zero attached hydrogens (tertiary/aromatic N) is 1. The highest BCUT2D eigenvalue weighted by Crippen LogP contribution is 2.25. The van der Waals surface area contributed by atoms with Crippen LogP contribution in [0.25, 0.3) is 0 Å². The van der Waals surface area contributed by atoms with Crippen molar-refractivity contribution >= 4 is 11.9 Å².